The van der Waals surface area contributed by atoms with E-state index in [0.717, 1.165) is 25.7 Å². The Morgan fingerprint density at radius 1 is 1.14 bits per heavy atom. The molecule has 14 heavy (non-hydrogen) atoms. The molecule has 2 heteroatoms. The lowest BCUT2D eigenvalue weighted by Gasteiger charge is -1.97. The Balaban J connectivity index is 3.40. The molecule has 0 fully saturated rings. The van der Waals surface area contributed by atoms with Crippen LogP contribution < -0.4 is 0 Å². The normalized spacial score (nSPS) is 11.3. The summed E-state index contributed by atoms with van der Waals surface area (Å²) in [5, 5.41) is 0. The highest BCUT2D eigenvalue weighted by Gasteiger charge is 1.93. The van der Waals surface area contributed by atoms with Crippen LogP contribution in [0.25, 0.3) is 0 Å². The number of carbonyl (C=O) groups excluding carboxylic acids is 1. The second-order valence-electron chi connectivity index (χ2n) is 3.03. The highest BCUT2D eigenvalue weighted by Crippen LogP contribution is 1.92. The molecular weight excluding hydrogens is 176 g/mol. The molecule has 80 valence electrons. The summed E-state index contributed by atoms with van der Waals surface area (Å²) in [5.74, 6) is -0.233. The van der Waals surface area contributed by atoms with Crippen LogP contribution in [-0.4, -0.2) is 12.6 Å². The fraction of sp³-hybridized carbons (Fsp3) is 0.583. The van der Waals surface area contributed by atoms with Crippen molar-refractivity contribution in [2.24, 2.45) is 0 Å². The topological polar surface area (TPSA) is 26.3 Å². The van der Waals surface area contributed by atoms with Gasteiger partial charge < -0.3 is 4.74 Å². The quantitative estimate of drug-likeness (QED) is 0.270. The molecule has 0 aliphatic carbocycles. The van der Waals surface area contributed by atoms with Crippen LogP contribution in [0.3, 0.4) is 0 Å². The fourth-order valence-corrected chi connectivity index (χ4v) is 0.906. The van der Waals surface area contributed by atoms with Crippen molar-refractivity contribution in [1.82, 2.24) is 0 Å². The van der Waals surface area contributed by atoms with Gasteiger partial charge in [0.15, 0.2) is 0 Å². The molecule has 0 atom stereocenters. The number of rotatable bonds is 7. The van der Waals surface area contributed by atoms with Crippen molar-refractivity contribution in [2.45, 2.75) is 39.5 Å². The van der Waals surface area contributed by atoms with E-state index in [1.54, 1.807) is 0 Å². The maximum atomic E-state index is 11.0. The van der Waals surface area contributed by atoms with Crippen LogP contribution in [0.2, 0.25) is 0 Å². The maximum Gasteiger partial charge on any atom is 0.330 e. The Kier molecular flexibility index (Phi) is 9.28. The Bertz CT molecular complexity index is 192. The maximum absolute atomic E-state index is 11.0. The van der Waals surface area contributed by atoms with E-state index < -0.39 is 0 Å². The van der Waals surface area contributed by atoms with Gasteiger partial charge in [0.1, 0.15) is 0 Å². The van der Waals surface area contributed by atoms with Crippen LogP contribution in [0.15, 0.2) is 24.3 Å². The van der Waals surface area contributed by atoms with E-state index in [0.29, 0.717) is 6.61 Å². The summed E-state index contributed by atoms with van der Waals surface area (Å²) in [5.41, 5.74) is 0. The Hall–Kier alpha value is -1.05. The van der Waals surface area contributed by atoms with Crippen LogP contribution in [-0.2, 0) is 9.53 Å². The molecule has 0 heterocycles. The van der Waals surface area contributed by atoms with Gasteiger partial charge in [0.05, 0.1) is 6.61 Å². The molecule has 0 spiro atoms. The molecule has 0 aromatic heterocycles. The number of esters is 1. The third-order valence-corrected chi connectivity index (χ3v) is 1.64. The molecule has 0 aliphatic heterocycles. The molecule has 2 nitrogen and oxygen atoms in total. The van der Waals surface area contributed by atoms with Crippen molar-refractivity contribution in [3.63, 3.8) is 0 Å². The van der Waals surface area contributed by atoms with Gasteiger partial charge in [-0.05, 0) is 19.3 Å². The van der Waals surface area contributed by atoms with E-state index in [9.17, 15) is 4.79 Å². The first kappa shape index (κ1) is 12.9. The minimum atomic E-state index is -0.233. The van der Waals surface area contributed by atoms with E-state index in [1.165, 1.54) is 6.08 Å². The molecule has 0 rings (SSSR count). The van der Waals surface area contributed by atoms with Gasteiger partial charge >= 0.3 is 5.97 Å². The monoisotopic (exact) mass is 196 g/mol. The average Bonchev–Trinajstić information content (AvgIpc) is 2.18. The van der Waals surface area contributed by atoms with Crippen LogP contribution in [0.4, 0.5) is 0 Å². The van der Waals surface area contributed by atoms with Gasteiger partial charge in [-0.3, -0.25) is 0 Å². The molecule has 0 unspecified atom stereocenters. The minimum absolute atomic E-state index is 0.233. The third kappa shape index (κ3) is 9.04. The molecule has 0 saturated heterocycles. The number of hydrogen-bond acceptors (Lipinski definition) is 2. The summed E-state index contributed by atoms with van der Waals surface area (Å²) in [6.07, 6.45) is 11.3. The first-order valence-corrected chi connectivity index (χ1v) is 5.29. The van der Waals surface area contributed by atoms with E-state index >= 15 is 0 Å². The lowest BCUT2D eigenvalue weighted by Crippen LogP contribution is -2.01. The second-order valence-corrected chi connectivity index (χ2v) is 3.03. The van der Waals surface area contributed by atoms with Crippen molar-refractivity contribution < 1.29 is 9.53 Å². The van der Waals surface area contributed by atoms with Gasteiger partial charge in [0.2, 0.25) is 0 Å². The lowest BCUT2D eigenvalue weighted by molar-refractivity contribution is -0.137. The van der Waals surface area contributed by atoms with Gasteiger partial charge in [0, 0.05) is 6.08 Å². The van der Waals surface area contributed by atoms with Crippen molar-refractivity contribution in [1.29, 1.82) is 0 Å². The van der Waals surface area contributed by atoms with Gasteiger partial charge in [0.25, 0.3) is 0 Å². The van der Waals surface area contributed by atoms with Crippen molar-refractivity contribution in [2.75, 3.05) is 6.61 Å². The average molecular weight is 196 g/mol. The fourth-order valence-electron chi connectivity index (χ4n) is 0.906. The Morgan fingerprint density at radius 2 is 1.93 bits per heavy atom. The summed E-state index contributed by atoms with van der Waals surface area (Å²) < 4.78 is 4.96. The predicted octanol–water partition coefficient (Wildman–Crippen LogP) is 3.24. The standard InChI is InChI=1S/C12H20O2/c1-3-5-7-9-11-14-12(13)10-8-6-4-2/h5,7-8,10H,3-4,6,9,11H2,1-2H3/b7-5-,10-8-. The van der Waals surface area contributed by atoms with Crippen molar-refractivity contribution in [3.8, 4) is 0 Å². The van der Waals surface area contributed by atoms with E-state index in [2.05, 4.69) is 19.9 Å². The molecule has 0 radical (unpaired) electrons. The first-order valence-electron chi connectivity index (χ1n) is 5.29. The third-order valence-electron chi connectivity index (χ3n) is 1.64. The van der Waals surface area contributed by atoms with E-state index in [-0.39, 0.29) is 5.97 Å². The number of hydrogen-bond donors (Lipinski definition) is 0. The number of unbranched alkanes of at least 4 members (excludes halogenated alkanes) is 1. The molecule has 0 aromatic carbocycles. The molecule has 0 amide bonds. The number of ether oxygens (including phenoxy) is 1. The zero-order valence-electron chi connectivity index (χ0n) is 9.16. The molecule has 0 aromatic rings. The number of allylic oxidation sites excluding steroid dienone is 2. The minimum Gasteiger partial charge on any atom is -0.462 e. The van der Waals surface area contributed by atoms with Crippen LogP contribution >= 0.6 is 0 Å². The van der Waals surface area contributed by atoms with Crippen LogP contribution in [0, 0.1) is 0 Å². The summed E-state index contributed by atoms with van der Waals surface area (Å²) in [6.45, 7) is 4.63. The SMILES string of the molecule is CC/C=C\CCOC(=O)/C=C\CCC. The summed E-state index contributed by atoms with van der Waals surface area (Å²) in [6, 6.07) is 0. The van der Waals surface area contributed by atoms with Crippen LogP contribution in [0.5, 0.6) is 0 Å². The smallest absolute Gasteiger partial charge is 0.330 e. The lowest BCUT2D eigenvalue weighted by atomic mass is 10.3. The highest BCUT2D eigenvalue weighted by molar-refractivity contribution is 5.81. The molecule has 0 N–H and O–H groups in total. The van der Waals surface area contributed by atoms with Gasteiger partial charge in [-0.25, -0.2) is 4.79 Å². The highest BCUT2D eigenvalue weighted by atomic mass is 16.5. The predicted molar refractivity (Wildman–Crippen MR) is 59.1 cm³/mol. The summed E-state index contributed by atoms with van der Waals surface area (Å²) >= 11 is 0. The Morgan fingerprint density at radius 3 is 2.57 bits per heavy atom. The van der Waals surface area contributed by atoms with E-state index in [1.807, 2.05) is 12.2 Å². The molecule has 0 bridgehead atoms. The summed E-state index contributed by atoms with van der Waals surface area (Å²) in [4.78, 5) is 11.0. The van der Waals surface area contributed by atoms with Crippen LogP contribution in [0.1, 0.15) is 39.5 Å². The molecular formula is C12H20O2. The molecule has 0 aliphatic rings. The van der Waals surface area contributed by atoms with Gasteiger partial charge in [-0.15, -0.1) is 0 Å². The second kappa shape index (κ2) is 10.0. The largest absolute Gasteiger partial charge is 0.462 e. The van der Waals surface area contributed by atoms with Crippen molar-refractivity contribution >= 4 is 5.97 Å². The number of carbonyl (C=O) groups is 1. The zero-order valence-corrected chi connectivity index (χ0v) is 9.16. The summed E-state index contributed by atoms with van der Waals surface area (Å²) in [7, 11) is 0. The molecule has 0 saturated carbocycles. The van der Waals surface area contributed by atoms with Crippen molar-refractivity contribution in [3.05, 3.63) is 24.3 Å². The zero-order chi connectivity index (χ0) is 10.6. The Labute approximate surface area is 86.6 Å². The van der Waals surface area contributed by atoms with Gasteiger partial charge in [-0.2, -0.15) is 0 Å². The first-order chi connectivity index (χ1) is 6.81. The van der Waals surface area contributed by atoms with Gasteiger partial charge in [-0.1, -0.05) is 38.5 Å². The van der Waals surface area contributed by atoms with E-state index in [4.69, 9.17) is 4.74 Å².